The summed E-state index contributed by atoms with van der Waals surface area (Å²) in [6.07, 6.45) is 7.44. The minimum Gasteiger partial charge on any atom is -0.402 e. The largest absolute Gasteiger partial charge is 0.402 e. The first-order valence-electron chi connectivity index (χ1n) is 5.54. The minimum absolute atomic E-state index is 0.267. The van der Waals surface area contributed by atoms with Gasteiger partial charge in [0.15, 0.2) is 9.84 Å². The summed E-state index contributed by atoms with van der Waals surface area (Å²) in [5, 5.41) is 0. The molecule has 0 saturated heterocycles. The van der Waals surface area contributed by atoms with Crippen LogP contribution in [0.3, 0.4) is 0 Å². The van der Waals surface area contributed by atoms with Crippen molar-refractivity contribution in [2.75, 3.05) is 6.26 Å². The SMILES string of the molecule is C/C=C(\C=C=CC/C(N)=C(/C)CC)S(C)(=O)=O. The Hall–Kier alpha value is -1.25. The number of nitrogens with two attached hydrogens (primary N) is 1. The number of rotatable bonds is 5. The third-order valence-electron chi connectivity index (χ3n) is 2.46. The first kappa shape index (κ1) is 15.8. The van der Waals surface area contributed by atoms with Gasteiger partial charge in [-0.3, -0.25) is 0 Å². The van der Waals surface area contributed by atoms with E-state index in [0.717, 1.165) is 17.7 Å². The monoisotopic (exact) mass is 255 g/mol. The molecule has 0 rings (SSSR count). The van der Waals surface area contributed by atoms with Gasteiger partial charge in [0, 0.05) is 18.4 Å². The van der Waals surface area contributed by atoms with Crippen LogP contribution in [0.1, 0.15) is 33.6 Å². The van der Waals surface area contributed by atoms with Crippen LogP contribution in [0.5, 0.6) is 0 Å². The fraction of sp³-hybridized carbons (Fsp3) is 0.462. The quantitative estimate of drug-likeness (QED) is 0.607. The molecule has 0 saturated carbocycles. The molecule has 0 fully saturated rings. The highest BCUT2D eigenvalue weighted by atomic mass is 32.2. The van der Waals surface area contributed by atoms with E-state index in [1.807, 2.05) is 13.8 Å². The average molecular weight is 255 g/mol. The fourth-order valence-corrected chi connectivity index (χ4v) is 1.83. The highest BCUT2D eigenvalue weighted by Gasteiger charge is 2.04. The van der Waals surface area contributed by atoms with E-state index in [-0.39, 0.29) is 4.91 Å². The maximum absolute atomic E-state index is 11.3. The summed E-state index contributed by atoms with van der Waals surface area (Å²) < 4.78 is 22.5. The zero-order valence-corrected chi connectivity index (χ0v) is 11.8. The third kappa shape index (κ3) is 6.15. The van der Waals surface area contributed by atoms with Crippen molar-refractivity contribution in [1.29, 1.82) is 0 Å². The van der Waals surface area contributed by atoms with Gasteiger partial charge in [0.1, 0.15) is 0 Å². The van der Waals surface area contributed by atoms with Gasteiger partial charge in [0.2, 0.25) is 0 Å². The molecule has 0 bridgehead atoms. The number of hydrogen-bond acceptors (Lipinski definition) is 3. The average Bonchev–Trinajstić information content (AvgIpc) is 2.25. The van der Waals surface area contributed by atoms with Gasteiger partial charge in [-0.1, -0.05) is 18.6 Å². The van der Waals surface area contributed by atoms with Crippen LogP contribution in [-0.2, 0) is 9.84 Å². The van der Waals surface area contributed by atoms with Crippen molar-refractivity contribution in [2.45, 2.75) is 33.6 Å². The highest BCUT2D eigenvalue weighted by Crippen LogP contribution is 2.07. The molecule has 0 spiro atoms. The predicted molar refractivity (Wildman–Crippen MR) is 73.0 cm³/mol. The highest BCUT2D eigenvalue weighted by molar-refractivity contribution is 7.94. The lowest BCUT2D eigenvalue weighted by Crippen LogP contribution is -1.99. The lowest BCUT2D eigenvalue weighted by molar-refractivity contribution is 0.608. The topological polar surface area (TPSA) is 60.2 Å². The van der Waals surface area contributed by atoms with E-state index in [4.69, 9.17) is 5.73 Å². The molecule has 0 aliphatic rings. The van der Waals surface area contributed by atoms with Crippen molar-refractivity contribution >= 4 is 9.84 Å². The second kappa shape index (κ2) is 7.15. The molecule has 0 amide bonds. The third-order valence-corrected chi connectivity index (χ3v) is 3.67. The summed E-state index contributed by atoms with van der Waals surface area (Å²) in [6.45, 7) is 5.72. The number of hydrogen-bond donors (Lipinski definition) is 1. The first-order valence-corrected chi connectivity index (χ1v) is 7.43. The van der Waals surface area contributed by atoms with Gasteiger partial charge in [-0.2, -0.15) is 0 Å². The molecule has 0 unspecified atom stereocenters. The van der Waals surface area contributed by atoms with Crippen LogP contribution in [0.25, 0.3) is 0 Å². The van der Waals surface area contributed by atoms with Crippen LogP contribution in [0.2, 0.25) is 0 Å². The van der Waals surface area contributed by atoms with Crippen molar-refractivity contribution in [1.82, 2.24) is 0 Å². The summed E-state index contributed by atoms with van der Waals surface area (Å²) in [5.41, 5.74) is 10.6. The Labute approximate surface area is 104 Å². The molecule has 0 aromatic heterocycles. The van der Waals surface area contributed by atoms with E-state index in [1.54, 1.807) is 19.1 Å². The molecule has 0 radical (unpaired) electrons. The lowest BCUT2D eigenvalue weighted by atomic mass is 10.1. The standard InChI is InChI=1S/C13H21NO2S/c1-5-11(3)13(14)10-8-7-9-12(6-2)17(4,15)16/h6,8-9H,5,10,14H2,1-4H3/b12-6+,13-11+. The van der Waals surface area contributed by atoms with Crippen molar-refractivity contribution in [3.05, 3.63) is 40.1 Å². The second-order valence-corrected chi connectivity index (χ2v) is 5.86. The Morgan fingerprint density at radius 2 is 2.00 bits per heavy atom. The maximum atomic E-state index is 11.3. The molecular weight excluding hydrogens is 234 g/mol. The molecule has 0 heterocycles. The molecule has 3 nitrogen and oxygen atoms in total. The van der Waals surface area contributed by atoms with Crippen molar-refractivity contribution in [3.8, 4) is 0 Å². The molecule has 0 aromatic rings. The molecule has 0 aromatic carbocycles. The van der Waals surface area contributed by atoms with Gasteiger partial charge >= 0.3 is 0 Å². The zero-order valence-electron chi connectivity index (χ0n) is 10.9. The Morgan fingerprint density at radius 3 is 2.41 bits per heavy atom. The molecule has 0 atom stereocenters. The Bertz CT molecular complexity index is 476. The molecular formula is C13H21NO2S. The summed E-state index contributed by atoms with van der Waals surface area (Å²) in [7, 11) is -3.16. The fourth-order valence-electron chi connectivity index (χ4n) is 1.12. The molecule has 0 aliphatic heterocycles. The Morgan fingerprint density at radius 1 is 1.41 bits per heavy atom. The predicted octanol–water partition coefficient (Wildman–Crippen LogP) is 2.68. The summed E-state index contributed by atoms with van der Waals surface area (Å²) in [6, 6.07) is 0. The molecule has 96 valence electrons. The summed E-state index contributed by atoms with van der Waals surface area (Å²) in [4.78, 5) is 0.267. The Kier molecular flexibility index (Phi) is 6.62. The number of sulfone groups is 1. The van der Waals surface area contributed by atoms with Gasteiger partial charge in [-0.15, -0.1) is 5.73 Å². The molecule has 0 aliphatic carbocycles. The van der Waals surface area contributed by atoms with Gasteiger partial charge < -0.3 is 5.73 Å². The number of allylic oxidation sites excluding steroid dienone is 4. The van der Waals surface area contributed by atoms with Crippen LogP contribution in [0.4, 0.5) is 0 Å². The van der Waals surface area contributed by atoms with E-state index in [0.29, 0.717) is 6.42 Å². The lowest BCUT2D eigenvalue weighted by Gasteiger charge is -2.00. The van der Waals surface area contributed by atoms with Gasteiger partial charge in [0.05, 0.1) is 4.91 Å². The second-order valence-electron chi connectivity index (χ2n) is 3.84. The zero-order chi connectivity index (χ0) is 13.5. The summed E-state index contributed by atoms with van der Waals surface area (Å²) >= 11 is 0. The summed E-state index contributed by atoms with van der Waals surface area (Å²) in [5.74, 6) is 0. The van der Waals surface area contributed by atoms with E-state index in [9.17, 15) is 8.42 Å². The first-order chi connectivity index (χ1) is 7.82. The van der Waals surface area contributed by atoms with Crippen LogP contribution in [0, 0.1) is 0 Å². The van der Waals surface area contributed by atoms with Crippen molar-refractivity contribution in [2.24, 2.45) is 5.73 Å². The normalized spacial score (nSPS) is 13.8. The smallest absolute Gasteiger partial charge is 0.175 e. The van der Waals surface area contributed by atoms with E-state index in [2.05, 4.69) is 5.73 Å². The Balaban J connectivity index is 4.77. The van der Waals surface area contributed by atoms with Crippen LogP contribution >= 0.6 is 0 Å². The van der Waals surface area contributed by atoms with Crippen molar-refractivity contribution in [3.63, 3.8) is 0 Å². The van der Waals surface area contributed by atoms with Gasteiger partial charge in [-0.05, 0) is 32.4 Å². The molecule has 2 N–H and O–H groups in total. The minimum atomic E-state index is -3.16. The van der Waals surface area contributed by atoms with E-state index >= 15 is 0 Å². The van der Waals surface area contributed by atoms with Crippen molar-refractivity contribution < 1.29 is 8.42 Å². The van der Waals surface area contributed by atoms with Crippen LogP contribution in [0.15, 0.2) is 40.1 Å². The molecule has 4 heteroatoms. The van der Waals surface area contributed by atoms with Crippen LogP contribution in [-0.4, -0.2) is 14.7 Å². The van der Waals surface area contributed by atoms with Crippen LogP contribution < -0.4 is 5.73 Å². The van der Waals surface area contributed by atoms with Gasteiger partial charge in [0.25, 0.3) is 0 Å². The molecule has 17 heavy (non-hydrogen) atoms. The van der Waals surface area contributed by atoms with Gasteiger partial charge in [-0.25, -0.2) is 8.42 Å². The van der Waals surface area contributed by atoms with E-state index < -0.39 is 9.84 Å². The maximum Gasteiger partial charge on any atom is 0.175 e. The van der Waals surface area contributed by atoms with E-state index in [1.165, 1.54) is 12.3 Å².